The van der Waals surface area contributed by atoms with Crippen LogP contribution < -0.4 is 10.2 Å². The van der Waals surface area contributed by atoms with Crippen molar-refractivity contribution in [1.82, 2.24) is 30.2 Å². The molecule has 28 heavy (non-hydrogen) atoms. The molecule has 7 heteroatoms. The van der Waals surface area contributed by atoms with Crippen molar-refractivity contribution in [3.05, 3.63) is 65.4 Å². The van der Waals surface area contributed by atoms with Gasteiger partial charge in [-0.2, -0.15) is 0 Å². The lowest BCUT2D eigenvalue weighted by Gasteiger charge is -2.20. The number of imidazole rings is 1. The predicted octanol–water partition coefficient (Wildman–Crippen LogP) is 2.96. The second-order valence-corrected chi connectivity index (χ2v) is 7.20. The Hall–Kier alpha value is -3.32. The molecule has 140 valence electrons. The third-order valence-electron chi connectivity index (χ3n) is 5.02. The number of aryl methyl sites for hydroxylation is 1. The van der Waals surface area contributed by atoms with Crippen molar-refractivity contribution >= 4 is 16.9 Å². The zero-order valence-corrected chi connectivity index (χ0v) is 15.9. The topological polar surface area (TPSA) is 82.6 Å². The van der Waals surface area contributed by atoms with Crippen LogP contribution in [0.5, 0.6) is 0 Å². The van der Waals surface area contributed by atoms with E-state index < -0.39 is 0 Å². The minimum Gasteiger partial charge on any atom is -0.352 e. The summed E-state index contributed by atoms with van der Waals surface area (Å²) in [5.74, 6) is 2.56. The van der Waals surface area contributed by atoms with Crippen LogP contribution in [-0.4, -0.2) is 32.0 Å². The third-order valence-corrected chi connectivity index (χ3v) is 5.02. The quantitative estimate of drug-likeness (QED) is 0.574. The van der Waals surface area contributed by atoms with Crippen LogP contribution >= 0.6 is 0 Å². The molecule has 0 spiro atoms. The van der Waals surface area contributed by atoms with Crippen LogP contribution in [0, 0.1) is 6.92 Å². The molecule has 0 aliphatic carbocycles. The van der Waals surface area contributed by atoms with Crippen LogP contribution in [0.4, 0.5) is 5.82 Å². The van der Waals surface area contributed by atoms with Crippen LogP contribution in [0.15, 0.2) is 42.7 Å². The number of rotatable bonds is 4. The fraction of sp³-hybridized carbons (Fsp3) is 0.238. The van der Waals surface area contributed by atoms with E-state index in [0.29, 0.717) is 12.4 Å². The maximum absolute atomic E-state index is 4.87. The van der Waals surface area contributed by atoms with E-state index in [1.807, 2.05) is 19.2 Å². The first-order chi connectivity index (χ1) is 13.7. The Bertz CT molecular complexity index is 1150. The van der Waals surface area contributed by atoms with Gasteiger partial charge in [-0.15, -0.1) is 0 Å². The Kier molecular flexibility index (Phi) is 4.02. The minimum atomic E-state index is 0.643. The van der Waals surface area contributed by atoms with Crippen molar-refractivity contribution in [1.29, 1.82) is 0 Å². The first-order valence-electron chi connectivity index (χ1n) is 9.34. The molecule has 2 N–H and O–H groups in total. The van der Waals surface area contributed by atoms with Crippen LogP contribution in [0.1, 0.15) is 22.6 Å². The van der Waals surface area contributed by atoms with Crippen molar-refractivity contribution in [2.45, 2.75) is 26.6 Å². The highest BCUT2D eigenvalue weighted by molar-refractivity contribution is 5.75. The molecule has 5 rings (SSSR count). The highest BCUT2D eigenvalue weighted by Gasteiger charge is 2.22. The van der Waals surface area contributed by atoms with E-state index in [1.165, 1.54) is 5.56 Å². The van der Waals surface area contributed by atoms with Gasteiger partial charge in [0.2, 0.25) is 0 Å². The molecule has 0 radical (unpaired) electrons. The highest BCUT2D eigenvalue weighted by Crippen LogP contribution is 2.28. The van der Waals surface area contributed by atoms with Crippen LogP contribution in [0.3, 0.4) is 0 Å². The zero-order valence-electron chi connectivity index (χ0n) is 15.9. The number of hydrogen-bond acceptors (Lipinski definition) is 6. The number of pyridine rings is 1. The molecular weight excluding hydrogens is 350 g/mol. The Labute approximate surface area is 162 Å². The molecule has 0 saturated heterocycles. The number of fused-ring (bicyclic) bond motifs is 2. The molecule has 1 aliphatic heterocycles. The Balaban J connectivity index is 1.51. The van der Waals surface area contributed by atoms with Crippen molar-refractivity contribution in [2.75, 3.05) is 11.9 Å². The molecule has 0 atom stereocenters. The van der Waals surface area contributed by atoms with Crippen molar-refractivity contribution in [2.24, 2.45) is 0 Å². The molecule has 7 nitrogen and oxygen atoms in total. The molecule has 3 aromatic heterocycles. The van der Waals surface area contributed by atoms with Gasteiger partial charge in [-0.1, -0.05) is 6.07 Å². The van der Waals surface area contributed by atoms with Crippen molar-refractivity contribution in [3.8, 4) is 11.4 Å². The second kappa shape index (κ2) is 6.69. The zero-order chi connectivity index (χ0) is 19.1. The van der Waals surface area contributed by atoms with E-state index in [-0.39, 0.29) is 0 Å². The van der Waals surface area contributed by atoms with E-state index >= 15 is 0 Å². The SMILES string of the molecule is Cc1ccc2nc(CN(C)c3nc(-c4cccnc4)nc4c3CNC4)[nH]c2c1. The summed E-state index contributed by atoms with van der Waals surface area (Å²) in [5, 5.41) is 3.39. The first kappa shape index (κ1) is 16.8. The molecule has 1 aliphatic rings. The average Bonchev–Trinajstić information content (AvgIpc) is 3.33. The summed E-state index contributed by atoms with van der Waals surface area (Å²) in [6.07, 6.45) is 3.56. The fourth-order valence-corrected chi connectivity index (χ4v) is 3.64. The molecule has 4 aromatic rings. The van der Waals surface area contributed by atoms with Crippen LogP contribution in [0.2, 0.25) is 0 Å². The maximum atomic E-state index is 4.87. The number of benzene rings is 1. The van der Waals surface area contributed by atoms with Gasteiger partial charge < -0.3 is 15.2 Å². The molecule has 0 saturated carbocycles. The number of hydrogen-bond donors (Lipinski definition) is 2. The molecule has 0 amide bonds. The normalized spacial score (nSPS) is 13.1. The number of nitrogens with zero attached hydrogens (tertiary/aromatic N) is 5. The monoisotopic (exact) mass is 371 g/mol. The van der Waals surface area contributed by atoms with Gasteiger partial charge in [-0.3, -0.25) is 4.98 Å². The van der Waals surface area contributed by atoms with E-state index in [9.17, 15) is 0 Å². The van der Waals surface area contributed by atoms with Gasteiger partial charge in [0.25, 0.3) is 0 Å². The van der Waals surface area contributed by atoms with Crippen LogP contribution in [-0.2, 0) is 19.6 Å². The number of aromatic nitrogens is 5. The fourth-order valence-electron chi connectivity index (χ4n) is 3.64. The second-order valence-electron chi connectivity index (χ2n) is 7.20. The van der Waals surface area contributed by atoms with E-state index in [4.69, 9.17) is 15.0 Å². The van der Waals surface area contributed by atoms with E-state index in [2.05, 4.69) is 45.3 Å². The van der Waals surface area contributed by atoms with Gasteiger partial charge in [-0.25, -0.2) is 15.0 Å². The van der Waals surface area contributed by atoms with Crippen molar-refractivity contribution < 1.29 is 0 Å². The summed E-state index contributed by atoms with van der Waals surface area (Å²) >= 11 is 0. The number of nitrogens with one attached hydrogen (secondary N) is 2. The standard InChI is InChI=1S/C21H21N7/c1-13-5-6-16-17(8-13)25-19(24-16)12-28(2)21-15-10-23-11-18(15)26-20(27-21)14-4-3-7-22-9-14/h3-9,23H,10-12H2,1-2H3,(H,24,25). The molecule has 4 heterocycles. The van der Waals surface area contributed by atoms with Gasteiger partial charge in [0, 0.05) is 43.7 Å². The smallest absolute Gasteiger partial charge is 0.163 e. The Morgan fingerprint density at radius 2 is 2.04 bits per heavy atom. The molecular formula is C21H21N7. The van der Waals surface area contributed by atoms with Gasteiger partial charge in [0.15, 0.2) is 5.82 Å². The van der Waals surface area contributed by atoms with E-state index in [0.717, 1.165) is 52.6 Å². The Morgan fingerprint density at radius 3 is 2.89 bits per heavy atom. The van der Waals surface area contributed by atoms with Gasteiger partial charge in [0.05, 0.1) is 23.3 Å². The van der Waals surface area contributed by atoms with E-state index in [1.54, 1.807) is 12.4 Å². The van der Waals surface area contributed by atoms with Gasteiger partial charge in [0.1, 0.15) is 11.6 Å². The number of H-pyrrole nitrogens is 1. The lowest BCUT2D eigenvalue weighted by molar-refractivity contribution is 0.755. The summed E-state index contributed by atoms with van der Waals surface area (Å²) < 4.78 is 0. The molecule has 1 aromatic carbocycles. The van der Waals surface area contributed by atoms with Gasteiger partial charge in [-0.05, 0) is 36.8 Å². The Morgan fingerprint density at radius 1 is 1.11 bits per heavy atom. The predicted molar refractivity (Wildman–Crippen MR) is 109 cm³/mol. The molecule has 0 unspecified atom stereocenters. The summed E-state index contributed by atoms with van der Waals surface area (Å²) in [6.45, 7) is 4.27. The first-order valence-corrected chi connectivity index (χ1v) is 9.34. The summed E-state index contributed by atoms with van der Waals surface area (Å²) in [7, 11) is 2.05. The minimum absolute atomic E-state index is 0.643. The summed E-state index contributed by atoms with van der Waals surface area (Å²) in [5.41, 5.74) is 6.40. The highest BCUT2D eigenvalue weighted by atomic mass is 15.2. The maximum Gasteiger partial charge on any atom is 0.163 e. The number of anilines is 1. The lowest BCUT2D eigenvalue weighted by atomic mass is 10.2. The summed E-state index contributed by atoms with van der Waals surface area (Å²) in [4.78, 5) is 24.1. The third kappa shape index (κ3) is 2.99. The van der Waals surface area contributed by atoms with Crippen molar-refractivity contribution in [3.63, 3.8) is 0 Å². The molecule has 0 bridgehead atoms. The van der Waals surface area contributed by atoms with Crippen LogP contribution in [0.25, 0.3) is 22.4 Å². The molecule has 0 fully saturated rings. The average molecular weight is 371 g/mol. The van der Waals surface area contributed by atoms with Gasteiger partial charge >= 0.3 is 0 Å². The summed E-state index contributed by atoms with van der Waals surface area (Å²) in [6, 6.07) is 10.2. The lowest BCUT2D eigenvalue weighted by Crippen LogP contribution is -2.21. The number of aromatic amines is 1. The largest absolute Gasteiger partial charge is 0.352 e.